The first-order valence-electron chi connectivity index (χ1n) is 10.7. The molecule has 2 aromatic rings. The van der Waals surface area contributed by atoms with E-state index >= 15 is 0 Å². The van der Waals surface area contributed by atoms with Crippen LogP contribution in [0.4, 0.5) is 13.2 Å². The van der Waals surface area contributed by atoms with Gasteiger partial charge in [0, 0.05) is 37.8 Å². The van der Waals surface area contributed by atoms with Crippen LogP contribution in [0.25, 0.3) is 5.70 Å². The second-order valence-electron chi connectivity index (χ2n) is 8.19. The number of likely N-dealkylation sites (N-methyl/N-ethyl adjacent to an activating group) is 1. The summed E-state index contributed by atoms with van der Waals surface area (Å²) in [6.07, 6.45) is 7.86. The summed E-state index contributed by atoms with van der Waals surface area (Å²) in [5.41, 5.74) is 0.486. The topological polar surface area (TPSA) is 49.3 Å². The summed E-state index contributed by atoms with van der Waals surface area (Å²) in [5, 5.41) is 0. The molecule has 1 aliphatic carbocycles. The first-order valence-corrected chi connectivity index (χ1v) is 10.7. The Morgan fingerprint density at radius 3 is 2.47 bits per heavy atom. The normalized spacial score (nSPS) is 22.0. The van der Waals surface area contributed by atoms with Gasteiger partial charge >= 0.3 is 6.18 Å². The number of aromatic nitrogens is 2. The Morgan fingerprint density at radius 1 is 1.12 bits per heavy atom. The van der Waals surface area contributed by atoms with Crippen molar-refractivity contribution >= 4 is 11.6 Å². The molecule has 0 saturated heterocycles. The predicted molar refractivity (Wildman–Crippen MR) is 115 cm³/mol. The fraction of sp³-hybridized carbons (Fsp3) is 0.375. The summed E-state index contributed by atoms with van der Waals surface area (Å²) >= 11 is 0. The van der Waals surface area contributed by atoms with E-state index in [0.717, 1.165) is 31.4 Å². The van der Waals surface area contributed by atoms with Gasteiger partial charge in [-0.05, 0) is 48.9 Å². The molecule has 2 aliphatic rings. The third kappa shape index (κ3) is 4.84. The number of carbonyl (C=O) groups is 1. The lowest BCUT2D eigenvalue weighted by atomic mass is 9.88. The lowest BCUT2D eigenvalue weighted by molar-refractivity contribution is -0.137. The van der Waals surface area contributed by atoms with Gasteiger partial charge in [0.2, 0.25) is 5.91 Å². The number of hydrogen-bond acceptors (Lipinski definition) is 4. The largest absolute Gasteiger partial charge is 0.416 e. The van der Waals surface area contributed by atoms with Crippen LogP contribution in [0.5, 0.6) is 0 Å². The molecule has 5 nitrogen and oxygen atoms in total. The minimum Gasteiger partial charge on any atom is -0.369 e. The van der Waals surface area contributed by atoms with Gasteiger partial charge in [-0.15, -0.1) is 0 Å². The van der Waals surface area contributed by atoms with Crippen LogP contribution in [0.1, 0.15) is 36.2 Å². The molecule has 1 aromatic heterocycles. The molecule has 1 aliphatic heterocycles. The van der Waals surface area contributed by atoms with Crippen LogP contribution < -0.4 is 0 Å². The molecule has 0 saturated carbocycles. The Bertz CT molecular complexity index is 1000. The van der Waals surface area contributed by atoms with E-state index in [2.05, 4.69) is 22.1 Å². The third-order valence-electron chi connectivity index (χ3n) is 6.10. The molecule has 0 fully saturated rings. The van der Waals surface area contributed by atoms with Gasteiger partial charge in [-0.1, -0.05) is 24.3 Å². The van der Waals surface area contributed by atoms with Crippen molar-refractivity contribution in [2.75, 3.05) is 13.6 Å². The van der Waals surface area contributed by atoms with E-state index in [-0.39, 0.29) is 24.4 Å². The molecule has 1 amide bonds. The second kappa shape index (κ2) is 9.14. The summed E-state index contributed by atoms with van der Waals surface area (Å²) < 4.78 is 39.1. The Balaban J connectivity index is 1.69. The summed E-state index contributed by atoms with van der Waals surface area (Å²) in [5.74, 6) is 0.575. The van der Waals surface area contributed by atoms with Gasteiger partial charge < -0.3 is 9.80 Å². The highest BCUT2D eigenvalue weighted by atomic mass is 19.4. The summed E-state index contributed by atoms with van der Waals surface area (Å²) in [6, 6.07) is 6.69. The van der Waals surface area contributed by atoms with Gasteiger partial charge in [0.15, 0.2) is 0 Å². The Morgan fingerprint density at radius 2 is 1.84 bits per heavy atom. The molecule has 0 bridgehead atoms. The van der Waals surface area contributed by atoms with Crippen molar-refractivity contribution in [2.24, 2.45) is 5.92 Å². The number of benzene rings is 1. The lowest BCUT2D eigenvalue weighted by Crippen LogP contribution is -2.44. The van der Waals surface area contributed by atoms with Crippen LogP contribution in [-0.4, -0.2) is 45.3 Å². The Hall–Kier alpha value is -3.16. The summed E-state index contributed by atoms with van der Waals surface area (Å²) in [4.78, 5) is 25.4. The van der Waals surface area contributed by atoms with Crippen molar-refractivity contribution in [3.8, 4) is 0 Å². The standard InChI is InChI=1S/C24H25F3N4O/c1-30-20(18-8-10-19(11-9-18)24(25,26)27)14-23(32)31(16-22-28-12-5-13-29-22)15-21(30)17-6-3-2-4-7-17/h3,5-6,8-14,17,21H,2,4,7,15-16H2,1H3. The van der Waals surface area contributed by atoms with Crippen LogP contribution in [0.3, 0.4) is 0 Å². The van der Waals surface area contributed by atoms with E-state index in [9.17, 15) is 18.0 Å². The van der Waals surface area contributed by atoms with Gasteiger partial charge in [0.25, 0.3) is 0 Å². The number of amides is 1. The zero-order valence-corrected chi connectivity index (χ0v) is 17.8. The van der Waals surface area contributed by atoms with Crippen molar-refractivity contribution in [1.29, 1.82) is 0 Å². The molecule has 2 heterocycles. The number of alkyl halides is 3. The molecule has 8 heteroatoms. The average molecular weight is 442 g/mol. The molecule has 0 spiro atoms. The van der Waals surface area contributed by atoms with E-state index in [1.807, 2.05) is 11.9 Å². The second-order valence-corrected chi connectivity index (χ2v) is 8.19. The molecule has 0 N–H and O–H groups in total. The lowest BCUT2D eigenvalue weighted by Gasteiger charge is -2.37. The number of hydrogen-bond donors (Lipinski definition) is 0. The highest BCUT2D eigenvalue weighted by molar-refractivity contribution is 5.95. The van der Waals surface area contributed by atoms with Gasteiger partial charge in [0.05, 0.1) is 18.2 Å². The van der Waals surface area contributed by atoms with Gasteiger partial charge in [-0.25, -0.2) is 9.97 Å². The van der Waals surface area contributed by atoms with Crippen molar-refractivity contribution < 1.29 is 18.0 Å². The van der Waals surface area contributed by atoms with Crippen molar-refractivity contribution in [3.05, 3.63) is 77.9 Å². The quantitative estimate of drug-likeness (QED) is 0.653. The number of halogens is 3. The maximum atomic E-state index is 13.2. The third-order valence-corrected chi connectivity index (χ3v) is 6.10. The van der Waals surface area contributed by atoms with Gasteiger partial charge in [-0.3, -0.25) is 4.79 Å². The summed E-state index contributed by atoms with van der Waals surface area (Å²) in [6.45, 7) is 0.750. The molecule has 32 heavy (non-hydrogen) atoms. The minimum atomic E-state index is -4.40. The molecule has 1 aromatic carbocycles. The highest BCUT2D eigenvalue weighted by Crippen LogP contribution is 2.34. The van der Waals surface area contributed by atoms with E-state index in [1.54, 1.807) is 23.4 Å². The van der Waals surface area contributed by atoms with Gasteiger partial charge in [-0.2, -0.15) is 13.2 Å². The smallest absolute Gasteiger partial charge is 0.369 e. The van der Waals surface area contributed by atoms with Gasteiger partial charge in [0.1, 0.15) is 5.82 Å². The van der Waals surface area contributed by atoms with Crippen molar-refractivity contribution in [2.45, 2.75) is 38.0 Å². The molecule has 0 radical (unpaired) electrons. The monoisotopic (exact) mass is 442 g/mol. The zero-order valence-electron chi connectivity index (χ0n) is 17.8. The van der Waals surface area contributed by atoms with E-state index in [4.69, 9.17) is 0 Å². The summed E-state index contributed by atoms with van der Waals surface area (Å²) in [7, 11) is 1.91. The van der Waals surface area contributed by atoms with Crippen LogP contribution in [0, 0.1) is 5.92 Å². The van der Waals surface area contributed by atoms with Crippen molar-refractivity contribution in [3.63, 3.8) is 0 Å². The number of carbonyl (C=O) groups excluding carboxylic acids is 1. The Kier molecular flexibility index (Phi) is 6.30. The average Bonchev–Trinajstić information content (AvgIpc) is 2.91. The zero-order chi connectivity index (χ0) is 22.7. The van der Waals surface area contributed by atoms with Crippen LogP contribution in [0.2, 0.25) is 0 Å². The number of allylic oxidation sites excluding steroid dienone is 1. The Labute approximate surface area is 185 Å². The molecular formula is C24H25F3N4O. The minimum absolute atomic E-state index is 0.0183. The first-order chi connectivity index (χ1) is 15.3. The molecule has 4 rings (SSSR count). The van der Waals surface area contributed by atoms with Crippen LogP contribution >= 0.6 is 0 Å². The number of rotatable bonds is 4. The molecule has 2 atom stereocenters. The van der Waals surface area contributed by atoms with Crippen LogP contribution in [-0.2, 0) is 17.5 Å². The SMILES string of the molecule is CN1C(c2ccc(C(F)(F)F)cc2)=CC(=O)N(Cc2ncccn2)CC1C1C=CCCC1. The predicted octanol–water partition coefficient (Wildman–Crippen LogP) is 4.54. The maximum absolute atomic E-state index is 13.2. The molecular weight excluding hydrogens is 417 g/mol. The first kappa shape index (κ1) is 22.0. The highest BCUT2D eigenvalue weighted by Gasteiger charge is 2.34. The molecule has 168 valence electrons. The maximum Gasteiger partial charge on any atom is 0.416 e. The van der Waals surface area contributed by atoms with E-state index in [1.165, 1.54) is 18.2 Å². The van der Waals surface area contributed by atoms with E-state index in [0.29, 0.717) is 23.6 Å². The fourth-order valence-corrected chi connectivity index (χ4v) is 4.35. The van der Waals surface area contributed by atoms with Crippen LogP contribution in [0.15, 0.2) is 61.0 Å². The fourth-order valence-electron chi connectivity index (χ4n) is 4.35. The number of nitrogens with zero attached hydrogens (tertiary/aromatic N) is 4. The van der Waals surface area contributed by atoms with Crippen molar-refractivity contribution in [1.82, 2.24) is 19.8 Å². The van der Waals surface area contributed by atoms with E-state index < -0.39 is 11.7 Å². The molecule has 2 unspecified atom stereocenters.